The molecule has 2 aromatic rings. The minimum Gasteiger partial charge on any atom is -0.392 e. The molecule has 19 heavy (non-hydrogen) atoms. The number of aliphatic hydroxyl groups is 1. The summed E-state index contributed by atoms with van der Waals surface area (Å²) in [7, 11) is 1.99. The van der Waals surface area contributed by atoms with Gasteiger partial charge in [0.25, 0.3) is 0 Å². The predicted molar refractivity (Wildman–Crippen MR) is 80.9 cm³/mol. The number of hydrogen-bond acceptors (Lipinski definition) is 2. The van der Waals surface area contributed by atoms with Crippen molar-refractivity contribution in [1.29, 1.82) is 0 Å². The number of nitrogens with zero attached hydrogens (tertiary/aromatic N) is 1. The minimum atomic E-state index is -0.0445. The van der Waals surface area contributed by atoms with Crippen molar-refractivity contribution in [1.82, 2.24) is 0 Å². The first-order valence-electron chi connectivity index (χ1n) is 5.95. The lowest BCUT2D eigenvalue weighted by atomic mass is 10.1. The molecule has 0 saturated carbocycles. The van der Waals surface area contributed by atoms with E-state index in [4.69, 9.17) is 28.3 Å². The van der Waals surface area contributed by atoms with E-state index in [0.29, 0.717) is 5.02 Å². The van der Waals surface area contributed by atoms with Crippen molar-refractivity contribution in [2.24, 2.45) is 0 Å². The van der Waals surface area contributed by atoms with Crippen LogP contribution in [-0.2, 0) is 13.2 Å². The minimum absolute atomic E-state index is 0.0445. The van der Waals surface area contributed by atoms with E-state index in [9.17, 15) is 0 Å². The molecular weight excluding hydrogens is 281 g/mol. The molecule has 0 unspecified atom stereocenters. The van der Waals surface area contributed by atoms with Gasteiger partial charge in [0.05, 0.1) is 6.61 Å². The van der Waals surface area contributed by atoms with E-state index in [1.165, 1.54) is 0 Å². The molecule has 2 rings (SSSR count). The molecule has 0 fully saturated rings. The first-order chi connectivity index (χ1) is 9.10. The van der Waals surface area contributed by atoms with Crippen LogP contribution in [0, 0.1) is 0 Å². The fraction of sp³-hybridized carbons (Fsp3) is 0.200. The molecule has 100 valence electrons. The van der Waals surface area contributed by atoms with Gasteiger partial charge in [0.1, 0.15) is 0 Å². The van der Waals surface area contributed by atoms with Gasteiger partial charge < -0.3 is 10.0 Å². The maximum Gasteiger partial charge on any atom is 0.0696 e. The predicted octanol–water partition coefficient (Wildman–Crippen LogP) is 4.12. The van der Waals surface area contributed by atoms with Crippen LogP contribution in [0.4, 0.5) is 5.69 Å². The van der Waals surface area contributed by atoms with Crippen LogP contribution in [0.1, 0.15) is 11.1 Å². The third kappa shape index (κ3) is 3.63. The van der Waals surface area contributed by atoms with Crippen molar-refractivity contribution in [3.05, 3.63) is 63.6 Å². The molecule has 0 aliphatic rings. The number of benzene rings is 2. The normalized spacial score (nSPS) is 10.5. The Labute approximate surface area is 123 Å². The second-order valence-corrected chi connectivity index (χ2v) is 5.26. The number of anilines is 1. The number of rotatable bonds is 4. The van der Waals surface area contributed by atoms with Gasteiger partial charge in [0, 0.05) is 29.3 Å². The van der Waals surface area contributed by atoms with Crippen LogP contribution in [-0.4, -0.2) is 12.2 Å². The maximum absolute atomic E-state index is 9.10. The van der Waals surface area contributed by atoms with Gasteiger partial charge in [-0.05, 0) is 35.4 Å². The van der Waals surface area contributed by atoms with Gasteiger partial charge in [0.2, 0.25) is 0 Å². The van der Waals surface area contributed by atoms with Crippen LogP contribution in [0.15, 0.2) is 42.5 Å². The van der Waals surface area contributed by atoms with Gasteiger partial charge in [-0.2, -0.15) is 0 Å². The van der Waals surface area contributed by atoms with Crippen LogP contribution in [0.2, 0.25) is 10.0 Å². The van der Waals surface area contributed by atoms with E-state index in [-0.39, 0.29) is 6.61 Å². The Kier molecular flexibility index (Phi) is 4.70. The summed E-state index contributed by atoms with van der Waals surface area (Å²) in [5.41, 5.74) is 2.88. The summed E-state index contributed by atoms with van der Waals surface area (Å²) in [5, 5.41) is 10.4. The molecule has 0 amide bonds. The Balaban J connectivity index is 2.15. The second kappa shape index (κ2) is 6.29. The highest BCUT2D eigenvalue weighted by Crippen LogP contribution is 2.24. The van der Waals surface area contributed by atoms with Crippen molar-refractivity contribution in [3.8, 4) is 0 Å². The van der Waals surface area contributed by atoms with Crippen molar-refractivity contribution in [3.63, 3.8) is 0 Å². The van der Waals surface area contributed by atoms with E-state index in [1.54, 1.807) is 0 Å². The summed E-state index contributed by atoms with van der Waals surface area (Å²) >= 11 is 12.1. The quantitative estimate of drug-likeness (QED) is 0.917. The largest absolute Gasteiger partial charge is 0.392 e. The molecule has 1 N–H and O–H groups in total. The first-order valence-corrected chi connectivity index (χ1v) is 6.70. The van der Waals surface area contributed by atoms with Crippen LogP contribution in [0.3, 0.4) is 0 Å². The fourth-order valence-corrected chi connectivity index (χ4v) is 2.35. The highest BCUT2D eigenvalue weighted by Gasteiger charge is 2.06. The van der Waals surface area contributed by atoms with Gasteiger partial charge in [-0.1, -0.05) is 41.4 Å². The summed E-state index contributed by atoms with van der Waals surface area (Å²) < 4.78 is 0. The zero-order valence-corrected chi connectivity index (χ0v) is 12.1. The zero-order valence-electron chi connectivity index (χ0n) is 10.6. The van der Waals surface area contributed by atoms with Crippen LogP contribution in [0.5, 0.6) is 0 Å². The molecule has 0 aliphatic carbocycles. The number of aliphatic hydroxyl groups excluding tert-OH is 1. The number of hydrogen-bond donors (Lipinski definition) is 1. The lowest BCUT2D eigenvalue weighted by Crippen LogP contribution is -2.16. The lowest BCUT2D eigenvalue weighted by molar-refractivity contribution is 0.282. The second-order valence-electron chi connectivity index (χ2n) is 4.42. The molecule has 0 heterocycles. The van der Waals surface area contributed by atoms with E-state index < -0.39 is 0 Å². The lowest BCUT2D eigenvalue weighted by Gasteiger charge is -2.20. The average molecular weight is 296 g/mol. The van der Waals surface area contributed by atoms with E-state index in [0.717, 1.165) is 28.4 Å². The third-order valence-electron chi connectivity index (χ3n) is 2.96. The van der Waals surface area contributed by atoms with Gasteiger partial charge >= 0.3 is 0 Å². The molecule has 2 aromatic carbocycles. The molecule has 2 nitrogen and oxygen atoms in total. The Morgan fingerprint density at radius 1 is 1.11 bits per heavy atom. The third-order valence-corrected chi connectivity index (χ3v) is 3.54. The van der Waals surface area contributed by atoms with Gasteiger partial charge in [-0.3, -0.25) is 0 Å². The molecule has 0 bridgehead atoms. The van der Waals surface area contributed by atoms with Crippen molar-refractivity contribution < 1.29 is 5.11 Å². The molecule has 0 aliphatic heterocycles. The molecule has 4 heteroatoms. The Bertz CT molecular complexity index is 572. The molecule has 0 aromatic heterocycles. The Morgan fingerprint density at radius 2 is 1.89 bits per heavy atom. The molecule has 0 saturated heterocycles. The monoisotopic (exact) mass is 295 g/mol. The Morgan fingerprint density at radius 3 is 2.53 bits per heavy atom. The topological polar surface area (TPSA) is 23.5 Å². The van der Waals surface area contributed by atoms with Gasteiger partial charge in [-0.15, -0.1) is 0 Å². The van der Waals surface area contributed by atoms with Crippen LogP contribution >= 0.6 is 23.2 Å². The fourth-order valence-electron chi connectivity index (χ4n) is 1.90. The standard InChI is InChI=1S/C15H15Cl2NO/c1-18(9-11-3-2-4-13(16)7-11)14-6-5-12(10-19)15(17)8-14/h2-8,19H,9-10H2,1H3. The van der Waals surface area contributed by atoms with Crippen LogP contribution < -0.4 is 4.90 Å². The highest BCUT2D eigenvalue weighted by atomic mass is 35.5. The SMILES string of the molecule is CN(Cc1cccc(Cl)c1)c1ccc(CO)c(Cl)c1. The summed E-state index contributed by atoms with van der Waals surface area (Å²) in [4.78, 5) is 2.08. The molecule has 0 radical (unpaired) electrons. The van der Waals surface area contributed by atoms with Crippen molar-refractivity contribution >= 4 is 28.9 Å². The summed E-state index contributed by atoms with van der Waals surface area (Å²) in [6, 6.07) is 13.4. The summed E-state index contributed by atoms with van der Waals surface area (Å²) in [5.74, 6) is 0. The van der Waals surface area contributed by atoms with Crippen LogP contribution in [0.25, 0.3) is 0 Å². The van der Waals surface area contributed by atoms with E-state index >= 15 is 0 Å². The smallest absolute Gasteiger partial charge is 0.0696 e. The summed E-state index contributed by atoms with van der Waals surface area (Å²) in [6.07, 6.45) is 0. The van der Waals surface area contributed by atoms with Crippen molar-refractivity contribution in [2.75, 3.05) is 11.9 Å². The highest BCUT2D eigenvalue weighted by molar-refractivity contribution is 6.31. The average Bonchev–Trinajstić information content (AvgIpc) is 2.38. The Hall–Kier alpha value is -1.22. The first kappa shape index (κ1) is 14.2. The van der Waals surface area contributed by atoms with Gasteiger partial charge in [0.15, 0.2) is 0 Å². The summed E-state index contributed by atoms with van der Waals surface area (Å²) in [6.45, 7) is 0.701. The van der Waals surface area contributed by atoms with E-state index in [2.05, 4.69) is 4.90 Å². The molecule has 0 spiro atoms. The number of halogens is 2. The zero-order chi connectivity index (χ0) is 13.8. The van der Waals surface area contributed by atoms with Gasteiger partial charge in [-0.25, -0.2) is 0 Å². The maximum atomic E-state index is 9.10. The molecule has 0 atom stereocenters. The molecular formula is C15H15Cl2NO. The van der Waals surface area contributed by atoms with E-state index in [1.807, 2.05) is 49.5 Å². The van der Waals surface area contributed by atoms with Crippen molar-refractivity contribution in [2.45, 2.75) is 13.2 Å².